The molecular formula is C27H30ClN3O3. The number of benzene rings is 2. The molecule has 178 valence electrons. The molecule has 1 aliphatic carbocycles. The highest BCUT2D eigenvalue weighted by Gasteiger charge is 2.50. The lowest BCUT2D eigenvalue weighted by atomic mass is 9.65. The van der Waals surface area contributed by atoms with Crippen LogP contribution in [0.5, 0.6) is 0 Å². The number of carbonyl (C=O) groups excluding carboxylic acids is 1. The van der Waals surface area contributed by atoms with Crippen LogP contribution in [0.4, 0.5) is 0 Å². The molecule has 1 saturated carbocycles. The highest BCUT2D eigenvalue weighted by molar-refractivity contribution is 6.31. The van der Waals surface area contributed by atoms with Gasteiger partial charge in [0.2, 0.25) is 5.91 Å². The topological polar surface area (TPSA) is 64.3 Å². The van der Waals surface area contributed by atoms with Gasteiger partial charge in [0.15, 0.2) is 0 Å². The Labute approximate surface area is 203 Å². The monoisotopic (exact) mass is 479 g/mol. The second-order valence-electron chi connectivity index (χ2n) is 11.1. The van der Waals surface area contributed by atoms with Crippen molar-refractivity contribution in [3.8, 4) is 0 Å². The molecule has 1 aromatic heterocycles. The molecule has 2 heterocycles. The number of likely N-dealkylation sites (tertiary alicyclic amines) is 1. The Balaban J connectivity index is 1.54. The summed E-state index contributed by atoms with van der Waals surface area (Å²) in [6.45, 7) is 7.57. The van der Waals surface area contributed by atoms with Gasteiger partial charge in [-0.1, -0.05) is 62.7 Å². The first-order valence-corrected chi connectivity index (χ1v) is 12.2. The van der Waals surface area contributed by atoms with Crippen LogP contribution < -0.4 is 11.1 Å². The summed E-state index contributed by atoms with van der Waals surface area (Å²) in [5.74, 6) is -0.116. The second-order valence-corrected chi connectivity index (χ2v) is 11.6. The summed E-state index contributed by atoms with van der Waals surface area (Å²) in [4.78, 5) is 41.9. The van der Waals surface area contributed by atoms with Crippen LogP contribution >= 0.6 is 11.6 Å². The van der Waals surface area contributed by atoms with Gasteiger partial charge in [0.1, 0.15) is 6.54 Å². The minimum atomic E-state index is -0.701. The van der Waals surface area contributed by atoms with E-state index in [0.717, 1.165) is 24.8 Å². The third kappa shape index (κ3) is 4.09. The first-order valence-electron chi connectivity index (χ1n) is 11.8. The van der Waals surface area contributed by atoms with Gasteiger partial charge < -0.3 is 4.90 Å². The molecule has 5 rings (SSSR count). The summed E-state index contributed by atoms with van der Waals surface area (Å²) < 4.78 is 2.78. The van der Waals surface area contributed by atoms with Gasteiger partial charge >= 0.3 is 11.1 Å². The third-order valence-corrected chi connectivity index (χ3v) is 7.64. The van der Waals surface area contributed by atoms with Crippen molar-refractivity contribution in [1.29, 1.82) is 0 Å². The maximum absolute atomic E-state index is 13.5. The van der Waals surface area contributed by atoms with Crippen LogP contribution in [-0.2, 0) is 17.9 Å². The highest BCUT2D eigenvalue weighted by atomic mass is 35.5. The molecule has 1 saturated heterocycles. The number of nitrogens with zero attached hydrogens (tertiary/aromatic N) is 3. The smallest absolute Gasteiger partial charge is 0.317 e. The summed E-state index contributed by atoms with van der Waals surface area (Å²) in [5, 5.41) is 0.448. The Morgan fingerprint density at radius 1 is 0.971 bits per heavy atom. The summed E-state index contributed by atoms with van der Waals surface area (Å²) in [6.07, 6.45) is 3.02. The summed E-state index contributed by atoms with van der Waals surface area (Å²) >= 11 is 6.28. The van der Waals surface area contributed by atoms with E-state index in [9.17, 15) is 14.4 Å². The van der Waals surface area contributed by atoms with Crippen molar-refractivity contribution >= 4 is 28.5 Å². The van der Waals surface area contributed by atoms with Crippen molar-refractivity contribution in [2.45, 2.75) is 59.2 Å². The molecule has 1 aliphatic heterocycles. The van der Waals surface area contributed by atoms with Crippen LogP contribution in [0.1, 0.15) is 45.6 Å². The number of fused-ring (bicyclic) bond motifs is 3. The lowest BCUT2D eigenvalue weighted by molar-refractivity contribution is -0.133. The van der Waals surface area contributed by atoms with Crippen LogP contribution in [0.25, 0.3) is 11.0 Å². The zero-order valence-corrected chi connectivity index (χ0v) is 20.6. The highest BCUT2D eigenvalue weighted by Crippen LogP contribution is 2.52. The van der Waals surface area contributed by atoms with Gasteiger partial charge in [-0.25, -0.2) is 0 Å². The molecule has 0 unspecified atom stereocenters. The molecule has 7 heteroatoms. The molecule has 2 atom stereocenters. The Bertz CT molecular complexity index is 1390. The predicted octanol–water partition coefficient (Wildman–Crippen LogP) is 4.29. The normalized spacial score (nSPS) is 23.4. The first kappa shape index (κ1) is 22.9. The number of aromatic nitrogens is 2. The minimum absolute atomic E-state index is 0.0947. The Morgan fingerprint density at radius 2 is 1.68 bits per heavy atom. The summed E-state index contributed by atoms with van der Waals surface area (Å²) in [6, 6.07) is 14.8. The van der Waals surface area contributed by atoms with E-state index in [2.05, 4.69) is 20.8 Å². The van der Waals surface area contributed by atoms with Crippen molar-refractivity contribution in [3.05, 3.63) is 79.8 Å². The summed E-state index contributed by atoms with van der Waals surface area (Å²) in [5.41, 5.74) is 0.926. The van der Waals surface area contributed by atoms with E-state index in [1.165, 1.54) is 9.13 Å². The molecule has 34 heavy (non-hydrogen) atoms. The van der Waals surface area contributed by atoms with Crippen molar-refractivity contribution in [2.75, 3.05) is 6.54 Å². The third-order valence-electron chi connectivity index (χ3n) is 7.40. The lowest BCUT2D eigenvalue weighted by Gasteiger charge is -2.39. The molecule has 6 nitrogen and oxygen atoms in total. The van der Waals surface area contributed by atoms with E-state index in [-0.39, 0.29) is 35.9 Å². The standard InChI is InChI=1S/C27H30ClN3O3/c1-26(2)12-20-13-27(3,16-26)17-31(20)23(32)15-30-22-11-19(28)9-10-21(22)29(24(33)25(30)34)14-18-7-5-4-6-8-18/h4-11,20H,12-17H2,1-3H3/t20-,27-/m0/s1. The Kier molecular flexibility index (Phi) is 5.47. The maximum atomic E-state index is 13.5. The first-order chi connectivity index (χ1) is 16.1. The number of halogens is 1. The average molecular weight is 480 g/mol. The van der Waals surface area contributed by atoms with Crippen molar-refractivity contribution < 1.29 is 4.79 Å². The van der Waals surface area contributed by atoms with Crippen molar-refractivity contribution in [3.63, 3.8) is 0 Å². The zero-order chi connectivity index (χ0) is 24.3. The Morgan fingerprint density at radius 3 is 2.41 bits per heavy atom. The quantitative estimate of drug-likeness (QED) is 0.524. The van der Waals surface area contributed by atoms with Crippen LogP contribution in [0.15, 0.2) is 58.1 Å². The molecule has 0 radical (unpaired) electrons. The van der Waals surface area contributed by atoms with E-state index in [0.29, 0.717) is 22.6 Å². The van der Waals surface area contributed by atoms with Crippen molar-refractivity contribution in [2.24, 2.45) is 10.8 Å². The molecule has 2 fully saturated rings. The van der Waals surface area contributed by atoms with Gasteiger partial charge in [-0.15, -0.1) is 0 Å². The second kappa shape index (κ2) is 8.12. The lowest BCUT2D eigenvalue weighted by Crippen LogP contribution is -2.45. The molecule has 2 bridgehead atoms. The molecule has 1 amide bonds. The molecular weight excluding hydrogens is 450 g/mol. The molecule has 2 aromatic carbocycles. The number of hydrogen-bond donors (Lipinski definition) is 0. The van der Waals surface area contributed by atoms with Crippen LogP contribution in [0.2, 0.25) is 5.02 Å². The van der Waals surface area contributed by atoms with E-state index < -0.39 is 11.1 Å². The molecule has 0 spiro atoms. The SMILES string of the molecule is CC1(C)C[C@H]2C[C@](C)(CN2C(=O)Cn2c(=O)c(=O)n(Cc3ccccc3)c3ccc(Cl)cc32)C1. The van der Waals surface area contributed by atoms with Gasteiger partial charge in [0, 0.05) is 17.6 Å². The maximum Gasteiger partial charge on any atom is 0.317 e. The molecule has 0 N–H and O–H groups in total. The van der Waals surface area contributed by atoms with E-state index >= 15 is 0 Å². The fourth-order valence-electron chi connectivity index (χ4n) is 6.45. The minimum Gasteiger partial charge on any atom is -0.338 e. The van der Waals surface area contributed by atoms with Gasteiger partial charge in [-0.05, 0) is 53.9 Å². The average Bonchev–Trinajstić information content (AvgIpc) is 3.03. The zero-order valence-electron chi connectivity index (χ0n) is 19.9. The fourth-order valence-corrected chi connectivity index (χ4v) is 6.61. The number of amides is 1. The van der Waals surface area contributed by atoms with Crippen LogP contribution in [-0.4, -0.2) is 32.5 Å². The van der Waals surface area contributed by atoms with E-state index in [1.807, 2.05) is 35.2 Å². The fraction of sp³-hybridized carbons (Fsp3) is 0.444. The van der Waals surface area contributed by atoms with Crippen molar-refractivity contribution in [1.82, 2.24) is 14.0 Å². The number of rotatable bonds is 4. The van der Waals surface area contributed by atoms with Gasteiger partial charge in [0.25, 0.3) is 0 Å². The Hall–Kier alpha value is -2.86. The predicted molar refractivity (Wildman–Crippen MR) is 134 cm³/mol. The van der Waals surface area contributed by atoms with Gasteiger partial charge in [-0.3, -0.25) is 23.5 Å². The van der Waals surface area contributed by atoms with E-state index in [1.54, 1.807) is 18.2 Å². The number of hydrogen-bond acceptors (Lipinski definition) is 3. The largest absolute Gasteiger partial charge is 0.338 e. The molecule has 2 aliphatic rings. The summed E-state index contributed by atoms with van der Waals surface area (Å²) in [7, 11) is 0. The number of carbonyl (C=O) groups is 1. The van der Waals surface area contributed by atoms with Crippen LogP contribution in [0, 0.1) is 10.8 Å². The van der Waals surface area contributed by atoms with Crippen LogP contribution in [0.3, 0.4) is 0 Å². The van der Waals surface area contributed by atoms with E-state index in [4.69, 9.17) is 11.6 Å². The van der Waals surface area contributed by atoms with Gasteiger partial charge in [-0.2, -0.15) is 0 Å². The van der Waals surface area contributed by atoms with Gasteiger partial charge in [0.05, 0.1) is 17.6 Å². The molecule has 3 aromatic rings.